The average molecular weight is 422 g/mol. The van der Waals surface area contributed by atoms with E-state index in [0.717, 1.165) is 4.90 Å². The van der Waals surface area contributed by atoms with Crippen molar-refractivity contribution >= 4 is 28.5 Å². The number of hydrogen-bond acceptors (Lipinski definition) is 7. The highest BCUT2D eigenvalue weighted by Gasteiger charge is 2.25. The second kappa shape index (κ2) is 9.79. The quantitative estimate of drug-likeness (QED) is 0.495. The standard InChI is InChI=1S/C20H27N3O7/c1-5-28-20(25)19-18(12-8-14(26-3)15(27-4)9-13(12)21-19)22-16(24)10-23(2)11-17-29-6-7-30-17/h8-9,17,21H,5-7,10-11H2,1-4H3,(H,22,24)/p+1. The molecule has 1 aliphatic rings. The first-order valence-corrected chi connectivity index (χ1v) is 9.76. The van der Waals surface area contributed by atoms with E-state index in [1.165, 1.54) is 14.2 Å². The van der Waals surface area contributed by atoms with Crippen LogP contribution in [0.4, 0.5) is 5.69 Å². The molecule has 2 heterocycles. The van der Waals surface area contributed by atoms with Crippen LogP contribution in [0.3, 0.4) is 0 Å². The van der Waals surface area contributed by atoms with Crippen LogP contribution in [0.25, 0.3) is 10.9 Å². The highest BCUT2D eigenvalue weighted by molar-refractivity contribution is 6.11. The number of esters is 1. The van der Waals surface area contributed by atoms with Crippen LogP contribution in [0.15, 0.2) is 12.1 Å². The van der Waals surface area contributed by atoms with Gasteiger partial charge in [0.25, 0.3) is 5.91 Å². The fraction of sp³-hybridized carbons (Fsp3) is 0.500. The summed E-state index contributed by atoms with van der Waals surface area (Å²) in [5.41, 5.74) is 1.12. The monoisotopic (exact) mass is 422 g/mol. The minimum absolute atomic E-state index is 0.163. The number of H-pyrrole nitrogens is 1. The number of nitrogens with one attached hydrogen (secondary N) is 3. The molecule has 1 aromatic carbocycles. The van der Waals surface area contributed by atoms with Gasteiger partial charge in [0.2, 0.25) is 6.29 Å². The van der Waals surface area contributed by atoms with Crippen LogP contribution in [0, 0.1) is 0 Å². The Kier molecular flexibility index (Phi) is 7.14. The molecule has 1 saturated heterocycles. The Morgan fingerprint density at radius 1 is 1.20 bits per heavy atom. The molecular weight excluding hydrogens is 394 g/mol. The van der Waals surface area contributed by atoms with Gasteiger partial charge in [-0.15, -0.1) is 0 Å². The topological polar surface area (TPSA) is 113 Å². The van der Waals surface area contributed by atoms with Gasteiger partial charge in [-0.3, -0.25) is 4.79 Å². The van der Waals surface area contributed by atoms with Gasteiger partial charge in [-0.1, -0.05) is 0 Å². The summed E-state index contributed by atoms with van der Waals surface area (Å²) in [5, 5.41) is 3.46. The van der Waals surface area contributed by atoms with E-state index in [0.29, 0.717) is 47.8 Å². The summed E-state index contributed by atoms with van der Waals surface area (Å²) in [5.74, 6) is 0.163. The van der Waals surface area contributed by atoms with Crippen LogP contribution in [0.1, 0.15) is 17.4 Å². The van der Waals surface area contributed by atoms with E-state index in [1.807, 2.05) is 7.05 Å². The van der Waals surface area contributed by atoms with Crippen molar-refractivity contribution < 1.29 is 38.2 Å². The maximum absolute atomic E-state index is 12.7. The number of aromatic amines is 1. The Balaban J connectivity index is 1.86. The number of aromatic nitrogens is 1. The normalized spacial score (nSPS) is 15.2. The van der Waals surface area contributed by atoms with Gasteiger partial charge in [0, 0.05) is 11.5 Å². The van der Waals surface area contributed by atoms with Gasteiger partial charge in [0.15, 0.2) is 18.0 Å². The van der Waals surface area contributed by atoms with E-state index >= 15 is 0 Å². The molecule has 10 heteroatoms. The maximum atomic E-state index is 12.7. The number of fused-ring (bicyclic) bond motifs is 1. The fourth-order valence-corrected chi connectivity index (χ4v) is 3.35. The van der Waals surface area contributed by atoms with Gasteiger partial charge in [-0.05, 0) is 13.0 Å². The van der Waals surface area contributed by atoms with Gasteiger partial charge in [0.1, 0.15) is 12.2 Å². The van der Waals surface area contributed by atoms with E-state index in [9.17, 15) is 9.59 Å². The number of amides is 1. The zero-order valence-electron chi connectivity index (χ0n) is 17.6. The lowest BCUT2D eigenvalue weighted by Gasteiger charge is -2.17. The third-order valence-electron chi connectivity index (χ3n) is 4.71. The molecule has 0 bridgehead atoms. The number of methoxy groups -OCH3 is 2. The molecule has 1 fully saturated rings. The zero-order valence-corrected chi connectivity index (χ0v) is 17.6. The van der Waals surface area contributed by atoms with Crippen LogP contribution < -0.4 is 19.7 Å². The highest BCUT2D eigenvalue weighted by atomic mass is 16.7. The second-order valence-electron chi connectivity index (χ2n) is 6.91. The lowest BCUT2D eigenvalue weighted by atomic mass is 10.2. The Labute approximate surface area is 174 Å². The summed E-state index contributed by atoms with van der Waals surface area (Å²) in [6.07, 6.45) is -0.308. The Morgan fingerprint density at radius 2 is 1.87 bits per heavy atom. The fourth-order valence-electron chi connectivity index (χ4n) is 3.35. The van der Waals surface area contributed by atoms with E-state index in [-0.39, 0.29) is 31.0 Å². The average Bonchev–Trinajstić information content (AvgIpc) is 3.34. The first-order chi connectivity index (χ1) is 14.5. The molecule has 10 nitrogen and oxygen atoms in total. The van der Waals surface area contributed by atoms with Gasteiger partial charge in [-0.2, -0.15) is 0 Å². The molecule has 3 rings (SSSR count). The van der Waals surface area contributed by atoms with Gasteiger partial charge in [-0.25, -0.2) is 4.79 Å². The predicted molar refractivity (Wildman–Crippen MR) is 108 cm³/mol. The Morgan fingerprint density at radius 3 is 2.50 bits per heavy atom. The van der Waals surface area contributed by atoms with E-state index < -0.39 is 5.97 Å². The number of rotatable bonds is 9. The minimum atomic E-state index is -0.560. The summed E-state index contributed by atoms with van der Waals surface area (Å²) in [4.78, 5) is 29.1. The number of hydrogen-bond donors (Lipinski definition) is 3. The van der Waals surface area contributed by atoms with Crippen molar-refractivity contribution in [3.05, 3.63) is 17.8 Å². The predicted octanol–water partition coefficient (Wildman–Crippen LogP) is 0.188. The Hall–Kier alpha value is -2.82. The number of ether oxygens (including phenoxy) is 5. The molecule has 1 aromatic heterocycles. The summed E-state index contributed by atoms with van der Waals surface area (Å²) >= 11 is 0. The van der Waals surface area contributed by atoms with E-state index in [4.69, 9.17) is 23.7 Å². The molecule has 0 saturated carbocycles. The number of quaternary nitrogens is 1. The summed E-state index contributed by atoms with van der Waals surface area (Å²) in [6.45, 7) is 3.77. The second-order valence-corrected chi connectivity index (χ2v) is 6.91. The van der Waals surface area contributed by atoms with E-state index in [2.05, 4.69) is 10.3 Å². The van der Waals surface area contributed by atoms with Gasteiger partial charge < -0.3 is 38.9 Å². The van der Waals surface area contributed by atoms with Crippen molar-refractivity contribution in [2.24, 2.45) is 0 Å². The lowest BCUT2D eigenvalue weighted by molar-refractivity contribution is -0.877. The lowest BCUT2D eigenvalue weighted by Crippen LogP contribution is -3.11. The van der Waals surface area contributed by atoms with Crippen LogP contribution in [-0.2, 0) is 19.0 Å². The number of likely N-dealkylation sites (N-methyl/N-ethyl adjacent to an activating group) is 1. The zero-order chi connectivity index (χ0) is 21.7. The Bertz CT molecular complexity index is 905. The molecule has 3 N–H and O–H groups in total. The van der Waals surface area contributed by atoms with Crippen molar-refractivity contribution in [1.29, 1.82) is 0 Å². The van der Waals surface area contributed by atoms with Crippen LogP contribution in [0.5, 0.6) is 11.5 Å². The molecule has 1 aliphatic heterocycles. The molecule has 1 amide bonds. The maximum Gasteiger partial charge on any atom is 0.356 e. The molecule has 0 aliphatic carbocycles. The molecule has 0 radical (unpaired) electrons. The molecule has 1 atom stereocenters. The molecule has 164 valence electrons. The SMILES string of the molecule is CCOC(=O)c1[nH]c2cc(OC)c(OC)cc2c1NC(=O)C[NH+](C)CC1OCCO1. The first-order valence-electron chi connectivity index (χ1n) is 9.76. The number of carbonyl (C=O) groups is 2. The largest absolute Gasteiger partial charge is 0.493 e. The molecule has 2 aromatic rings. The van der Waals surface area contributed by atoms with Crippen LogP contribution in [-0.4, -0.2) is 77.3 Å². The molecule has 30 heavy (non-hydrogen) atoms. The van der Waals surface area contributed by atoms with Gasteiger partial charge >= 0.3 is 5.97 Å². The summed E-state index contributed by atoms with van der Waals surface area (Å²) < 4.78 is 26.7. The number of benzene rings is 1. The smallest absolute Gasteiger partial charge is 0.356 e. The highest BCUT2D eigenvalue weighted by Crippen LogP contribution is 2.37. The van der Waals surface area contributed by atoms with Crippen LogP contribution >= 0.6 is 0 Å². The number of anilines is 1. The van der Waals surface area contributed by atoms with Gasteiger partial charge in [0.05, 0.1) is 52.3 Å². The summed E-state index contributed by atoms with van der Waals surface area (Å²) in [6, 6.07) is 3.42. The van der Waals surface area contributed by atoms with E-state index in [1.54, 1.807) is 19.1 Å². The van der Waals surface area contributed by atoms with Crippen molar-refractivity contribution in [3.8, 4) is 11.5 Å². The van der Waals surface area contributed by atoms with Crippen molar-refractivity contribution in [2.75, 3.05) is 59.5 Å². The molecule has 1 unspecified atom stereocenters. The van der Waals surface area contributed by atoms with Crippen LogP contribution in [0.2, 0.25) is 0 Å². The van der Waals surface area contributed by atoms with Crippen molar-refractivity contribution in [3.63, 3.8) is 0 Å². The molecular formula is C20H28N3O7+. The third kappa shape index (κ3) is 4.84. The minimum Gasteiger partial charge on any atom is -0.493 e. The number of carbonyl (C=O) groups excluding carboxylic acids is 2. The third-order valence-corrected chi connectivity index (χ3v) is 4.71. The molecule has 0 spiro atoms. The van der Waals surface area contributed by atoms with Crippen molar-refractivity contribution in [2.45, 2.75) is 13.2 Å². The van der Waals surface area contributed by atoms with Crippen molar-refractivity contribution in [1.82, 2.24) is 4.98 Å². The first kappa shape index (κ1) is 21.9. The summed E-state index contributed by atoms with van der Waals surface area (Å²) in [7, 11) is 4.92.